The van der Waals surface area contributed by atoms with Crippen LogP contribution < -0.4 is 15.2 Å². The van der Waals surface area contributed by atoms with E-state index in [9.17, 15) is 26.7 Å². The number of nitrogens with two attached hydrogens (primary N) is 1. The van der Waals surface area contributed by atoms with E-state index in [0.717, 1.165) is 24.3 Å². The van der Waals surface area contributed by atoms with Gasteiger partial charge in [0.1, 0.15) is 23.9 Å². The molecule has 1 amide bonds. The summed E-state index contributed by atoms with van der Waals surface area (Å²) in [7, 11) is -3.67. The number of halogens is 6. The van der Waals surface area contributed by atoms with Crippen molar-refractivity contribution in [3.05, 3.63) is 56.6 Å². The van der Waals surface area contributed by atoms with Gasteiger partial charge in [0.15, 0.2) is 0 Å². The predicted octanol–water partition coefficient (Wildman–Crippen LogP) is 5.43. The number of alkyl halides is 4. The van der Waals surface area contributed by atoms with E-state index < -0.39 is 49.6 Å². The lowest BCUT2D eigenvalue weighted by Gasteiger charge is -2.15. The van der Waals surface area contributed by atoms with Crippen LogP contribution in [0.5, 0.6) is 11.5 Å². The van der Waals surface area contributed by atoms with Crippen LogP contribution in [0.4, 0.5) is 22.0 Å². The molecule has 0 aliphatic rings. The summed E-state index contributed by atoms with van der Waals surface area (Å²) in [6.07, 6.45) is 0. The Morgan fingerprint density at radius 3 is 2.50 bits per heavy atom. The first-order valence-electron chi connectivity index (χ1n) is 8.40. The second kappa shape index (κ2) is 9.44. The molecule has 1 aromatic heterocycles. The van der Waals surface area contributed by atoms with E-state index in [0.29, 0.717) is 11.3 Å². The summed E-state index contributed by atoms with van der Waals surface area (Å²) in [5.41, 5.74) is 1.20. The maximum Gasteiger partial charge on any atom is 0.387 e. The Balaban J connectivity index is 2.08. The molecule has 0 unspecified atom stereocenters. The molecule has 172 valence electrons. The Bertz CT molecular complexity index is 1180. The van der Waals surface area contributed by atoms with Crippen LogP contribution in [0.2, 0.25) is 0 Å². The van der Waals surface area contributed by atoms with Crippen molar-refractivity contribution < 1.29 is 46.0 Å². The van der Waals surface area contributed by atoms with E-state index in [2.05, 4.69) is 20.7 Å². The Hall–Kier alpha value is -2.05. The SMILES string of the molecule is NC(=O)c1cc(OCc2ccc(F)cc2OC(F)F)c2sc(C(F)(F)P(O)O)c(Br)c2c1. The summed E-state index contributed by atoms with van der Waals surface area (Å²) in [5.74, 6) is -2.34. The van der Waals surface area contributed by atoms with Crippen molar-refractivity contribution >= 4 is 51.6 Å². The fourth-order valence-electron chi connectivity index (χ4n) is 2.68. The standard InChI is InChI=1S/C18H12BrF5NO5PS/c19-13-10-3-8(16(25)26)4-12(14(10)32-15(13)18(23,24)31(27)28)29-6-7-1-2-9(20)5-11(7)30-17(21)22/h1-5,17,27-28H,6H2,(H2,25,26). The molecule has 32 heavy (non-hydrogen) atoms. The quantitative estimate of drug-likeness (QED) is 0.252. The zero-order chi connectivity index (χ0) is 23.8. The van der Waals surface area contributed by atoms with Crippen LogP contribution in [-0.4, -0.2) is 22.3 Å². The van der Waals surface area contributed by atoms with Gasteiger partial charge in [0.25, 0.3) is 0 Å². The van der Waals surface area contributed by atoms with Crippen molar-refractivity contribution in [1.29, 1.82) is 0 Å². The minimum atomic E-state index is -3.99. The number of primary amides is 1. The van der Waals surface area contributed by atoms with Crippen molar-refractivity contribution in [2.75, 3.05) is 0 Å². The van der Waals surface area contributed by atoms with Crippen LogP contribution in [0.3, 0.4) is 0 Å². The number of ether oxygens (including phenoxy) is 2. The summed E-state index contributed by atoms with van der Waals surface area (Å²) in [4.78, 5) is 29.2. The summed E-state index contributed by atoms with van der Waals surface area (Å²) in [6, 6.07) is 5.22. The van der Waals surface area contributed by atoms with E-state index in [-0.39, 0.29) is 31.4 Å². The van der Waals surface area contributed by atoms with Crippen molar-refractivity contribution in [3.63, 3.8) is 0 Å². The molecule has 0 spiro atoms. The first kappa shape index (κ1) is 24.6. The number of hydrogen-bond acceptors (Lipinski definition) is 6. The molecule has 0 aliphatic heterocycles. The maximum absolute atomic E-state index is 14.3. The smallest absolute Gasteiger partial charge is 0.387 e. The highest BCUT2D eigenvalue weighted by atomic mass is 79.9. The van der Waals surface area contributed by atoms with Gasteiger partial charge in [0.2, 0.25) is 14.3 Å². The van der Waals surface area contributed by atoms with E-state index in [1.807, 2.05) is 0 Å². The molecule has 0 saturated heterocycles. The second-order valence-corrected chi connectivity index (χ2v) is 9.16. The van der Waals surface area contributed by atoms with Crippen LogP contribution in [0.1, 0.15) is 20.8 Å². The van der Waals surface area contributed by atoms with Gasteiger partial charge in [-0.05, 0) is 40.2 Å². The van der Waals surface area contributed by atoms with E-state index in [1.54, 1.807) is 0 Å². The van der Waals surface area contributed by atoms with E-state index >= 15 is 0 Å². The lowest BCUT2D eigenvalue weighted by Crippen LogP contribution is -2.11. The highest BCUT2D eigenvalue weighted by Gasteiger charge is 2.45. The summed E-state index contributed by atoms with van der Waals surface area (Å²) in [5, 5.41) is 0.0796. The largest absolute Gasteiger partial charge is 0.487 e. The zero-order valence-corrected chi connectivity index (χ0v) is 18.8. The zero-order valence-electron chi connectivity index (χ0n) is 15.5. The minimum absolute atomic E-state index is 0.0136. The van der Waals surface area contributed by atoms with Gasteiger partial charge in [-0.3, -0.25) is 4.79 Å². The molecular weight excluding hydrogens is 548 g/mol. The van der Waals surface area contributed by atoms with E-state index in [4.69, 9.17) is 20.3 Å². The van der Waals surface area contributed by atoms with Gasteiger partial charge in [0, 0.05) is 27.1 Å². The number of carbonyl (C=O) groups is 1. The molecule has 0 atom stereocenters. The number of rotatable bonds is 8. The first-order valence-corrected chi connectivity index (χ1v) is 11.3. The number of benzene rings is 2. The number of amides is 1. The molecule has 3 rings (SSSR count). The van der Waals surface area contributed by atoms with Crippen LogP contribution in [-0.2, 0) is 12.3 Å². The maximum atomic E-state index is 14.3. The molecule has 4 N–H and O–H groups in total. The van der Waals surface area contributed by atoms with Gasteiger partial charge in [-0.2, -0.15) is 17.6 Å². The lowest BCUT2D eigenvalue weighted by atomic mass is 10.1. The molecule has 3 aromatic rings. The predicted molar refractivity (Wildman–Crippen MR) is 111 cm³/mol. The van der Waals surface area contributed by atoms with Gasteiger partial charge >= 0.3 is 12.3 Å². The minimum Gasteiger partial charge on any atom is -0.487 e. The Kier molecular flexibility index (Phi) is 7.25. The van der Waals surface area contributed by atoms with Gasteiger partial charge < -0.3 is 25.0 Å². The molecule has 6 nitrogen and oxygen atoms in total. The first-order chi connectivity index (χ1) is 14.9. The van der Waals surface area contributed by atoms with Gasteiger partial charge in [0.05, 0.1) is 9.58 Å². The Labute approximate surface area is 190 Å². The molecule has 2 aromatic carbocycles. The van der Waals surface area contributed by atoms with Crippen LogP contribution in [0.15, 0.2) is 34.8 Å². The normalized spacial score (nSPS) is 12.1. The lowest BCUT2D eigenvalue weighted by molar-refractivity contribution is -0.0510. The average Bonchev–Trinajstić information content (AvgIpc) is 3.04. The Morgan fingerprint density at radius 2 is 1.91 bits per heavy atom. The number of carbonyl (C=O) groups excluding carboxylic acids is 1. The molecule has 1 heterocycles. The van der Waals surface area contributed by atoms with Gasteiger partial charge in [-0.15, -0.1) is 11.3 Å². The van der Waals surface area contributed by atoms with Crippen molar-refractivity contribution in [2.45, 2.75) is 18.9 Å². The van der Waals surface area contributed by atoms with Crippen molar-refractivity contribution in [1.82, 2.24) is 0 Å². The summed E-state index contributed by atoms with van der Waals surface area (Å²) < 4.78 is 76.9. The van der Waals surface area contributed by atoms with Gasteiger partial charge in [-0.25, -0.2) is 4.39 Å². The van der Waals surface area contributed by atoms with Crippen molar-refractivity contribution in [2.24, 2.45) is 5.73 Å². The topological polar surface area (TPSA) is 102 Å². The molecular formula is C18H12BrF5NO5PS. The number of thiophene rings is 1. The average molecular weight is 560 g/mol. The molecule has 0 fully saturated rings. The van der Waals surface area contributed by atoms with Crippen LogP contribution in [0.25, 0.3) is 10.1 Å². The third-order valence-corrected chi connectivity index (χ3v) is 7.39. The van der Waals surface area contributed by atoms with Gasteiger partial charge in [-0.1, -0.05) is 0 Å². The third-order valence-electron chi connectivity index (χ3n) is 4.13. The number of hydrogen-bond donors (Lipinski definition) is 3. The molecule has 0 bridgehead atoms. The highest BCUT2D eigenvalue weighted by Crippen LogP contribution is 2.58. The van der Waals surface area contributed by atoms with Crippen LogP contribution in [0, 0.1) is 5.82 Å². The van der Waals surface area contributed by atoms with Crippen LogP contribution >= 0.6 is 35.6 Å². The third kappa shape index (κ3) is 4.96. The fourth-order valence-corrected chi connectivity index (χ4v) is 5.46. The number of fused-ring (bicyclic) bond motifs is 1. The molecule has 0 saturated carbocycles. The monoisotopic (exact) mass is 559 g/mol. The van der Waals surface area contributed by atoms with Crippen molar-refractivity contribution in [3.8, 4) is 11.5 Å². The molecule has 14 heteroatoms. The highest BCUT2D eigenvalue weighted by molar-refractivity contribution is 9.10. The Morgan fingerprint density at radius 1 is 1.22 bits per heavy atom. The second-order valence-electron chi connectivity index (χ2n) is 6.21. The summed E-state index contributed by atoms with van der Waals surface area (Å²) in [6.45, 7) is -3.68. The molecule has 0 aliphatic carbocycles. The molecule has 0 radical (unpaired) electrons. The fraction of sp³-hybridized carbons (Fsp3) is 0.167. The summed E-state index contributed by atoms with van der Waals surface area (Å²) >= 11 is 3.45. The van der Waals surface area contributed by atoms with E-state index in [1.165, 1.54) is 6.07 Å².